The van der Waals surface area contributed by atoms with Gasteiger partial charge in [-0.2, -0.15) is 0 Å². The second kappa shape index (κ2) is 4.01. The smallest absolute Gasteiger partial charge is 0.0270 e. The van der Waals surface area contributed by atoms with Gasteiger partial charge in [0.15, 0.2) is 0 Å². The van der Waals surface area contributed by atoms with E-state index in [4.69, 9.17) is 0 Å². The molecule has 0 spiro atoms. The Bertz CT molecular complexity index is 298. The van der Waals surface area contributed by atoms with Crippen LogP contribution in [0.15, 0.2) is 24.5 Å². The van der Waals surface area contributed by atoms with Gasteiger partial charge in [-0.1, -0.05) is 22.9 Å². The van der Waals surface area contributed by atoms with Gasteiger partial charge in [0.05, 0.1) is 0 Å². The molecule has 1 saturated carbocycles. The van der Waals surface area contributed by atoms with Gasteiger partial charge in [0, 0.05) is 17.2 Å². The Morgan fingerprint density at radius 1 is 1.50 bits per heavy atom. The zero-order valence-electron chi connectivity index (χ0n) is 8.54. The molecule has 76 valence electrons. The molecule has 0 saturated heterocycles. The summed E-state index contributed by atoms with van der Waals surface area (Å²) in [6, 6.07) is 4.26. The molecule has 0 aromatic carbocycles. The van der Waals surface area contributed by atoms with Gasteiger partial charge >= 0.3 is 0 Å². The van der Waals surface area contributed by atoms with E-state index in [1.807, 2.05) is 12.4 Å². The Morgan fingerprint density at radius 2 is 2.21 bits per heavy atom. The number of hydrogen-bond donors (Lipinski definition) is 0. The van der Waals surface area contributed by atoms with Crippen LogP contribution in [0.1, 0.15) is 31.7 Å². The molecule has 14 heavy (non-hydrogen) atoms. The number of hydrogen-bond acceptors (Lipinski definition) is 1. The summed E-state index contributed by atoms with van der Waals surface area (Å²) in [5.41, 5.74) is 1.92. The van der Waals surface area contributed by atoms with Crippen molar-refractivity contribution >= 4 is 15.9 Å². The first kappa shape index (κ1) is 10.2. The average molecular weight is 254 g/mol. The van der Waals surface area contributed by atoms with E-state index in [9.17, 15) is 0 Å². The molecule has 0 radical (unpaired) electrons. The summed E-state index contributed by atoms with van der Waals surface area (Å²) in [6.45, 7) is 2.40. The minimum atomic E-state index is 0.496. The first-order chi connectivity index (χ1) is 6.68. The highest BCUT2D eigenvalue weighted by molar-refractivity contribution is 9.09. The molecule has 1 nitrogen and oxygen atoms in total. The molecule has 1 aliphatic rings. The predicted octanol–water partition coefficient (Wildman–Crippen LogP) is 3.58. The number of alkyl halides is 1. The van der Waals surface area contributed by atoms with Crippen molar-refractivity contribution in [1.29, 1.82) is 0 Å². The molecule has 1 heterocycles. The first-order valence-corrected chi connectivity index (χ1v) is 6.13. The molecule has 2 atom stereocenters. The lowest BCUT2D eigenvalue weighted by atomic mass is 9.82. The van der Waals surface area contributed by atoms with Crippen molar-refractivity contribution in [2.45, 2.75) is 37.4 Å². The molecule has 1 aromatic rings. The number of nitrogens with zero attached hydrogens (tertiary/aromatic N) is 1. The van der Waals surface area contributed by atoms with E-state index in [0.717, 1.165) is 4.83 Å². The maximum atomic E-state index is 4.05. The number of halogens is 1. The summed E-state index contributed by atoms with van der Waals surface area (Å²) >= 11 is 3.71. The molecular weight excluding hydrogens is 238 g/mol. The first-order valence-electron chi connectivity index (χ1n) is 5.21. The van der Waals surface area contributed by atoms with Crippen LogP contribution in [-0.4, -0.2) is 9.81 Å². The van der Waals surface area contributed by atoms with Crippen molar-refractivity contribution in [3.05, 3.63) is 30.1 Å². The van der Waals surface area contributed by atoms with Gasteiger partial charge in [0.1, 0.15) is 0 Å². The quantitative estimate of drug-likeness (QED) is 0.735. The molecule has 0 bridgehead atoms. The topological polar surface area (TPSA) is 12.9 Å². The van der Waals surface area contributed by atoms with Crippen LogP contribution in [-0.2, 0) is 6.42 Å². The van der Waals surface area contributed by atoms with Gasteiger partial charge in [-0.15, -0.1) is 0 Å². The summed E-state index contributed by atoms with van der Waals surface area (Å²) in [7, 11) is 0. The summed E-state index contributed by atoms with van der Waals surface area (Å²) in [6.07, 6.45) is 8.93. The molecule has 1 fully saturated rings. The Morgan fingerprint density at radius 3 is 2.79 bits per heavy atom. The molecule has 0 amide bonds. The van der Waals surface area contributed by atoms with E-state index in [1.165, 1.54) is 31.2 Å². The Labute approximate surface area is 94.1 Å². The van der Waals surface area contributed by atoms with Crippen LogP contribution >= 0.6 is 15.9 Å². The second-order valence-electron chi connectivity index (χ2n) is 4.68. The SMILES string of the molecule is CC1(Cc2ccncc2)CCC(Br)C1. The van der Waals surface area contributed by atoms with Gasteiger partial charge in [0.2, 0.25) is 0 Å². The third kappa shape index (κ3) is 2.35. The molecule has 0 N–H and O–H groups in total. The van der Waals surface area contributed by atoms with E-state index in [2.05, 4.69) is 40.0 Å². The van der Waals surface area contributed by atoms with Crippen LogP contribution in [0.2, 0.25) is 0 Å². The standard InChI is InChI=1S/C12H16BrN/c1-12(5-2-11(13)9-12)8-10-3-6-14-7-4-10/h3-4,6-7,11H,2,5,8-9H2,1H3. The van der Waals surface area contributed by atoms with Crippen LogP contribution in [0.4, 0.5) is 0 Å². The van der Waals surface area contributed by atoms with Crippen LogP contribution in [0.3, 0.4) is 0 Å². The van der Waals surface area contributed by atoms with Crippen molar-refractivity contribution in [3.8, 4) is 0 Å². The average Bonchev–Trinajstić information content (AvgIpc) is 2.47. The van der Waals surface area contributed by atoms with Crippen LogP contribution in [0, 0.1) is 5.41 Å². The fourth-order valence-corrected chi connectivity index (χ4v) is 3.41. The van der Waals surface area contributed by atoms with Gasteiger partial charge in [-0.05, 0) is 48.8 Å². The molecule has 2 unspecified atom stereocenters. The van der Waals surface area contributed by atoms with Crippen molar-refractivity contribution < 1.29 is 0 Å². The summed E-state index contributed by atoms with van der Waals surface area (Å²) in [4.78, 5) is 4.78. The van der Waals surface area contributed by atoms with E-state index in [1.54, 1.807) is 0 Å². The fourth-order valence-electron chi connectivity index (χ4n) is 2.40. The third-order valence-corrected chi connectivity index (χ3v) is 3.94. The highest BCUT2D eigenvalue weighted by Gasteiger charge is 2.33. The van der Waals surface area contributed by atoms with Crippen molar-refractivity contribution in [1.82, 2.24) is 4.98 Å². The minimum absolute atomic E-state index is 0.496. The monoisotopic (exact) mass is 253 g/mol. The lowest BCUT2D eigenvalue weighted by Crippen LogP contribution is -2.15. The zero-order valence-corrected chi connectivity index (χ0v) is 10.1. The molecule has 0 aliphatic heterocycles. The molecule has 1 aromatic heterocycles. The molecule has 2 rings (SSSR count). The van der Waals surface area contributed by atoms with Crippen LogP contribution < -0.4 is 0 Å². The lowest BCUT2D eigenvalue weighted by molar-refractivity contribution is 0.336. The predicted molar refractivity (Wildman–Crippen MR) is 62.6 cm³/mol. The van der Waals surface area contributed by atoms with E-state index < -0.39 is 0 Å². The lowest BCUT2D eigenvalue weighted by Gasteiger charge is -2.23. The summed E-state index contributed by atoms with van der Waals surface area (Å²) in [5, 5.41) is 0. The molecule has 1 aliphatic carbocycles. The Hall–Kier alpha value is -0.370. The van der Waals surface area contributed by atoms with Gasteiger partial charge in [-0.3, -0.25) is 4.98 Å². The number of rotatable bonds is 2. The number of pyridine rings is 1. The zero-order chi connectivity index (χ0) is 10.0. The van der Waals surface area contributed by atoms with Crippen molar-refractivity contribution in [2.24, 2.45) is 5.41 Å². The summed E-state index contributed by atoms with van der Waals surface area (Å²) in [5.74, 6) is 0. The fraction of sp³-hybridized carbons (Fsp3) is 0.583. The third-order valence-electron chi connectivity index (χ3n) is 3.16. The Kier molecular flexibility index (Phi) is 2.91. The van der Waals surface area contributed by atoms with Crippen molar-refractivity contribution in [3.63, 3.8) is 0 Å². The second-order valence-corrected chi connectivity index (χ2v) is 5.98. The Balaban J connectivity index is 2.04. The van der Waals surface area contributed by atoms with E-state index >= 15 is 0 Å². The number of aromatic nitrogens is 1. The van der Waals surface area contributed by atoms with Gasteiger partial charge < -0.3 is 0 Å². The van der Waals surface area contributed by atoms with Gasteiger partial charge in [0.25, 0.3) is 0 Å². The van der Waals surface area contributed by atoms with Gasteiger partial charge in [-0.25, -0.2) is 0 Å². The highest BCUT2D eigenvalue weighted by atomic mass is 79.9. The van der Waals surface area contributed by atoms with Crippen LogP contribution in [0.25, 0.3) is 0 Å². The van der Waals surface area contributed by atoms with E-state index in [0.29, 0.717) is 5.41 Å². The largest absolute Gasteiger partial charge is 0.265 e. The minimum Gasteiger partial charge on any atom is -0.265 e. The maximum absolute atomic E-state index is 4.05. The summed E-state index contributed by atoms with van der Waals surface area (Å²) < 4.78 is 0. The maximum Gasteiger partial charge on any atom is 0.0270 e. The van der Waals surface area contributed by atoms with Crippen molar-refractivity contribution in [2.75, 3.05) is 0 Å². The molecular formula is C12H16BrN. The normalized spacial score (nSPS) is 32.0. The highest BCUT2D eigenvalue weighted by Crippen LogP contribution is 2.43. The van der Waals surface area contributed by atoms with E-state index in [-0.39, 0.29) is 0 Å². The van der Waals surface area contributed by atoms with Crippen LogP contribution in [0.5, 0.6) is 0 Å². The molecule has 2 heteroatoms.